The number of nitrogens with one attached hydrogen (secondary N) is 2. The number of anilines is 1. The van der Waals surface area contributed by atoms with E-state index >= 15 is 0 Å². The van der Waals surface area contributed by atoms with Crippen molar-refractivity contribution in [3.63, 3.8) is 0 Å². The number of carboxylic acids is 1. The molecule has 2 aromatic rings. The minimum Gasteiger partial charge on any atom is -0.508 e. The highest BCUT2D eigenvalue weighted by Gasteiger charge is 2.15. The molecule has 0 unspecified atom stereocenters. The van der Waals surface area contributed by atoms with E-state index in [0.29, 0.717) is 11.3 Å². The zero-order valence-electron chi connectivity index (χ0n) is 21.8. The summed E-state index contributed by atoms with van der Waals surface area (Å²) in [6.07, 6.45) is 2.89. The predicted octanol–water partition coefficient (Wildman–Crippen LogP) is 5.52. The van der Waals surface area contributed by atoms with Crippen LogP contribution >= 0.6 is 0 Å². The summed E-state index contributed by atoms with van der Waals surface area (Å²) in [6.45, 7) is 13.8. The number of unbranched alkanes of at least 4 members (excludes halogenated alkanes) is 1. The summed E-state index contributed by atoms with van der Waals surface area (Å²) in [5.74, 6) is -1.33. The molecule has 1 atom stereocenters. The molecule has 34 heavy (non-hydrogen) atoms. The molecule has 2 aromatic carbocycles. The van der Waals surface area contributed by atoms with E-state index in [0.717, 1.165) is 0 Å². The lowest BCUT2D eigenvalue weighted by atomic mass is 10.1. The van der Waals surface area contributed by atoms with Crippen molar-refractivity contribution in [2.24, 2.45) is 0 Å². The largest absolute Gasteiger partial charge is 0.508 e. The second kappa shape index (κ2) is 22.9. The minimum absolute atomic E-state index is 0.115. The van der Waals surface area contributed by atoms with Gasteiger partial charge >= 0.3 is 5.97 Å². The van der Waals surface area contributed by atoms with E-state index in [4.69, 9.17) is 15.3 Å². The number of rotatable bonds is 6. The standard InChI is InChI=1S/C10H13NO4.C8H9NO2.C4H10.2C2H6/c1-11-7(10(14)15)4-6-2-3-8(12)9(13)5-6;1-6(10)9-7-2-4-8(11)5-3-7;1-3-4-2;2*1-2/h2-3,5,7,11-13H,4H2,1H3,(H,14,15);2-5,11H,1H3,(H,9,10);3-4H2,1-2H3;2*1-2H3/t7-;;;;/m0..../s1. The number of phenolic OH excluding ortho intramolecular Hbond substituents is 3. The number of aromatic hydroxyl groups is 3. The highest BCUT2D eigenvalue weighted by atomic mass is 16.4. The Morgan fingerprint density at radius 1 is 0.853 bits per heavy atom. The molecule has 0 bridgehead atoms. The minimum atomic E-state index is -0.954. The third-order valence-corrected chi connectivity index (χ3v) is 3.81. The first-order chi connectivity index (χ1) is 16.1. The fourth-order valence-electron chi connectivity index (χ4n) is 1.99. The Morgan fingerprint density at radius 3 is 1.71 bits per heavy atom. The van der Waals surface area contributed by atoms with E-state index in [1.165, 1.54) is 44.0 Å². The van der Waals surface area contributed by atoms with Crippen molar-refractivity contribution in [3.8, 4) is 17.2 Å². The zero-order chi connectivity index (χ0) is 27.1. The third-order valence-electron chi connectivity index (χ3n) is 3.81. The maximum absolute atomic E-state index is 10.7. The molecule has 0 radical (unpaired) electrons. The average molecular weight is 481 g/mol. The summed E-state index contributed by atoms with van der Waals surface area (Å²) in [7, 11) is 1.55. The molecular weight excluding hydrogens is 436 g/mol. The molecule has 1 amide bonds. The zero-order valence-corrected chi connectivity index (χ0v) is 21.8. The van der Waals surface area contributed by atoms with Gasteiger partial charge in [0.05, 0.1) is 0 Å². The van der Waals surface area contributed by atoms with E-state index < -0.39 is 12.0 Å². The van der Waals surface area contributed by atoms with Gasteiger partial charge < -0.3 is 31.1 Å². The van der Waals surface area contributed by atoms with Gasteiger partial charge in [0.2, 0.25) is 5.91 Å². The Bertz CT molecular complexity index is 777. The van der Waals surface area contributed by atoms with Crippen molar-refractivity contribution in [3.05, 3.63) is 48.0 Å². The van der Waals surface area contributed by atoms with Crippen LogP contribution in [0.15, 0.2) is 42.5 Å². The highest BCUT2D eigenvalue weighted by molar-refractivity contribution is 5.88. The first-order valence-corrected chi connectivity index (χ1v) is 11.6. The van der Waals surface area contributed by atoms with Crippen LogP contribution in [0.2, 0.25) is 0 Å². The summed E-state index contributed by atoms with van der Waals surface area (Å²) >= 11 is 0. The van der Waals surface area contributed by atoms with Crippen molar-refractivity contribution in [1.82, 2.24) is 5.32 Å². The molecule has 0 aromatic heterocycles. The lowest BCUT2D eigenvalue weighted by molar-refractivity contribution is -0.139. The number of carbonyl (C=O) groups is 2. The van der Waals surface area contributed by atoms with Crippen molar-refractivity contribution in [1.29, 1.82) is 0 Å². The lowest BCUT2D eigenvalue weighted by Gasteiger charge is -2.11. The van der Waals surface area contributed by atoms with Crippen molar-refractivity contribution in [2.75, 3.05) is 12.4 Å². The summed E-state index contributed by atoms with van der Waals surface area (Å²) in [6, 6.07) is 9.86. The fourth-order valence-corrected chi connectivity index (χ4v) is 1.99. The number of carbonyl (C=O) groups excluding carboxylic acids is 1. The fraction of sp³-hybridized carbons (Fsp3) is 0.462. The maximum atomic E-state index is 10.7. The van der Waals surface area contributed by atoms with E-state index in [2.05, 4.69) is 24.5 Å². The molecule has 0 spiro atoms. The van der Waals surface area contributed by atoms with Crippen LogP contribution in [0, 0.1) is 0 Å². The van der Waals surface area contributed by atoms with Crippen LogP contribution in [0.4, 0.5) is 5.69 Å². The molecule has 2 rings (SSSR count). The van der Waals surface area contributed by atoms with Gasteiger partial charge in [-0.3, -0.25) is 9.59 Å². The summed E-state index contributed by atoms with van der Waals surface area (Å²) in [4.78, 5) is 21.2. The molecule has 0 aliphatic rings. The third kappa shape index (κ3) is 18.3. The van der Waals surface area contributed by atoms with Crippen molar-refractivity contribution in [2.45, 2.75) is 73.8 Å². The number of carboxylic acid groups (broad SMARTS) is 1. The van der Waals surface area contributed by atoms with Gasteiger partial charge in [-0.15, -0.1) is 0 Å². The second-order valence-corrected chi connectivity index (χ2v) is 6.43. The van der Waals surface area contributed by atoms with Crippen LogP contribution < -0.4 is 10.6 Å². The predicted molar refractivity (Wildman–Crippen MR) is 140 cm³/mol. The number of likely N-dealkylation sites (N-methyl/N-ethyl adjacent to an activating group) is 1. The molecule has 0 saturated carbocycles. The molecule has 8 nitrogen and oxygen atoms in total. The Balaban J connectivity index is -0.000000443. The Morgan fingerprint density at radius 2 is 1.35 bits per heavy atom. The van der Waals surface area contributed by atoms with Gasteiger partial charge in [0.1, 0.15) is 11.8 Å². The van der Waals surface area contributed by atoms with E-state index in [1.54, 1.807) is 25.2 Å². The monoisotopic (exact) mass is 480 g/mol. The van der Waals surface area contributed by atoms with Gasteiger partial charge in [-0.2, -0.15) is 0 Å². The smallest absolute Gasteiger partial charge is 0.321 e. The van der Waals surface area contributed by atoms with Gasteiger partial charge in [0.25, 0.3) is 0 Å². The molecule has 0 heterocycles. The van der Waals surface area contributed by atoms with Crippen LogP contribution in [-0.2, 0) is 16.0 Å². The molecule has 0 aliphatic carbocycles. The molecule has 0 aliphatic heterocycles. The van der Waals surface area contributed by atoms with E-state index in [1.807, 2.05) is 27.7 Å². The van der Waals surface area contributed by atoms with Gasteiger partial charge in [0, 0.05) is 12.6 Å². The van der Waals surface area contributed by atoms with E-state index in [9.17, 15) is 14.7 Å². The highest BCUT2D eigenvalue weighted by Crippen LogP contribution is 2.25. The molecular formula is C26H44N2O6. The lowest BCUT2D eigenvalue weighted by Crippen LogP contribution is -2.35. The quantitative estimate of drug-likeness (QED) is 0.236. The Labute approximate surface area is 204 Å². The summed E-state index contributed by atoms with van der Waals surface area (Å²) in [5.41, 5.74) is 1.34. The van der Waals surface area contributed by atoms with E-state index in [-0.39, 0.29) is 29.6 Å². The van der Waals surface area contributed by atoms with Crippen LogP contribution in [0.5, 0.6) is 17.2 Å². The number of aliphatic carboxylic acids is 1. The number of amides is 1. The molecule has 6 N–H and O–H groups in total. The van der Waals surface area contributed by atoms with Crippen LogP contribution in [0.1, 0.15) is 66.9 Å². The summed E-state index contributed by atoms with van der Waals surface area (Å²) in [5, 5.41) is 41.2. The topological polar surface area (TPSA) is 139 Å². The van der Waals surface area contributed by atoms with Crippen molar-refractivity contribution < 1.29 is 30.0 Å². The van der Waals surface area contributed by atoms with Crippen LogP contribution in [0.25, 0.3) is 0 Å². The molecule has 8 heteroatoms. The van der Waals surface area contributed by atoms with Gasteiger partial charge in [-0.05, 0) is 55.4 Å². The second-order valence-electron chi connectivity index (χ2n) is 6.43. The molecule has 0 fully saturated rings. The van der Waals surface area contributed by atoms with Crippen LogP contribution in [-0.4, -0.2) is 45.4 Å². The number of hydrogen-bond acceptors (Lipinski definition) is 6. The maximum Gasteiger partial charge on any atom is 0.321 e. The van der Waals surface area contributed by atoms with Crippen LogP contribution in [0.3, 0.4) is 0 Å². The number of benzene rings is 2. The number of hydrogen-bond donors (Lipinski definition) is 6. The normalized spacial score (nSPS) is 9.65. The Hall–Kier alpha value is -3.26. The first kappa shape index (κ1) is 35.3. The average Bonchev–Trinajstić information content (AvgIpc) is 2.84. The summed E-state index contributed by atoms with van der Waals surface area (Å²) < 4.78 is 0. The first-order valence-electron chi connectivity index (χ1n) is 11.6. The SMILES string of the molecule is CC.CC.CC(=O)Nc1ccc(O)cc1.CCCC.CN[C@@H](Cc1ccc(O)c(O)c1)C(=O)O. The van der Waals surface area contributed by atoms with Gasteiger partial charge in [0.15, 0.2) is 11.5 Å². The Kier molecular flexibility index (Phi) is 23.8. The molecule has 194 valence electrons. The molecule has 0 saturated heterocycles. The van der Waals surface area contributed by atoms with Gasteiger partial charge in [-0.25, -0.2) is 0 Å². The van der Waals surface area contributed by atoms with Crippen molar-refractivity contribution >= 4 is 17.6 Å². The number of phenols is 3. The van der Waals surface area contributed by atoms with Gasteiger partial charge in [-0.1, -0.05) is 60.5 Å².